The van der Waals surface area contributed by atoms with Crippen LogP contribution in [0.2, 0.25) is 0 Å². The van der Waals surface area contributed by atoms with Crippen LogP contribution in [0.25, 0.3) is 0 Å². The number of benzene rings is 1. The van der Waals surface area contributed by atoms with Crippen LogP contribution in [0.4, 0.5) is 0 Å². The highest BCUT2D eigenvalue weighted by molar-refractivity contribution is 7.90. The lowest BCUT2D eigenvalue weighted by molar-refractivity contribution is 0.600. The molecule has 0 aliphatic rings. The molecule has 0 aliphatic carbocycles. The van der Waals surface area contributed by atoms with Gasteiger partial charge in [-0.1, -0.05) is 29.8 Å². The number of guanidine groups is 1. The summed E-state index contributed by atoms with van der Waals surface area (Å²) in [7, 11) is -1.29. The zero-order chi connectivity index (χ0) is 14.3. The minimum absolute atomic E-state index is 0.0954. The Balaban J connectivity index is 2.41. The molecule has 0 atom stereocenters. The van der Waals surface area contributed by atoms with Crippen LogP contribution in [0.3, 0.4) is 0 Å². The highest BCUT2D eigenvalue weighted by Gasteiger charge is 2.03. The predicted octanol–water partition coefficient (Wildman–Crippen LogP) is 0.705. The molecule has 1 aromatic rings. The molecule has 0 saturated carbocycles. The van der Waals surface area contributed by atoms with Gasteiger partial charge in [0.2, 0.25) is 0 Å². The number of rotatable bonds is 5. The summed E-state index contributed by atoms with van der Waals surface area (Å²) in [5.41, 5.74) is 2.37. The van der Waals surface area contributed by atoms with E-state index < -0.39 is 9.84 Å². The molecule has 0 fully saturated rings. The molecule has 6 heteroatoms. The zero-order valence-corrected chi connectivity index (χ0v) is 12.4. The molecule has 0 unspecified atom stereocenters. The van der Waals surface area contributed by atoms with E-state index in [9.17, 15) is 8.42 Å². The van der Waals surface area contributed by atoms with E-state index in [1.807, 2.05) is 25.1 Å². The third kappa shape index (κ3) is 6.81. The van der Waals surface area contributed by atoms with Crippen molar-refractivity contribution in [1.82, 2.24) is 10.6 Å². The summed E-state index contributed by atoms with van der Waals surface area (Å²) in [5.74, 6) is 0.697. The molecule has 1 rings (SSSR count). The van der Waals surface area contributed by atoms with Crippen LogP contribution in [0.1, 0.15) is 11.1 Å². The fraction of sp³-hybridized carbons (Fsp3) is 0.462. The van der Waals surface area contributed by atoms with Crippen LogP contribution < -0.4 is 10.6 Å². The average Bonchev–Trinajstić information content (AvgIpc) is 2.32. The monoisotopic (exact) mass is 283 g/mol. The first-order chi connectivity index (χ1) is 8.90. The predicted molar refractivity (Wildman–Crippen MR) is 79.1 cm³/mol. The van der Waals surface area contributed by atoms with Gasteiger partial charge in [-0.2, -0.15) is 0 Å². The summed E-state index contributed by atoms with van der Waals surface area (Å²) in [4.78, 5) is 4.04. The van der Waals surface area contributed by atoms with Crippen LogP contribution in [0.15, 0.2) is 29.3 Å². The normalized spacial score (nSPS) is 12.3. The topological polar surface area (TPSA) is 70.6 Å². The van der Waals surface area contributed by atoms with Crippen molar-refractivity contribution >= 4 is 15.8 Å². The van der Waals surface area contributed by atoms with Crippen LogP contribution in [0, 0.1) is 6.92 Å². The molecule has 106 valence electrons. The Labute approximate surface area is 115 Å². The Bertz CT molecular complexity index is 539. The van der Waals surface area contributed by atoms with Gasteiger partial charge in [-0.3, -0.25) is 4.99 Å². The Morgan fingerprint density at radius 2 is 2.05 bits per heavy atom. The molecule has 2 N–H and O–H groups in total. The van der Waals surface area contributed by atoms with Gasteiger partial charge in [-0.25, -0.2) is 8.42 Å². The van der Waals surface area contributed by atoms with Crippen molar-refractivity contribution in [3.63, 3.8) is 0 Å². The number of aliphatic imine (C=N–C) groups is 1. The van der Waals surface area contributed by atoms with E-state index in [1.54, 1.807) is 7.05 Å². The average molecular weight is 283 g/mol. The molecule has 0 amide bonds. The van der Waals surface area contributed by atoms with Crippen molar-refractivity contribution in [2.75, 3.05) is 25.6 Å². The number of sulfone groups is 1. The summed E-state index contributed by atoms with van der Waals surface area (Å²) >= 11 is 0. The Hall–Kier alpha value is -1.56. The van der Waals surface area contributed by atoms with Gasteiger partial charge in [0.05, 0.1) is 5.75 Å². The summed E-state index contributed by atoms with van der Waals surface area (Å²) in [6.45, 7) is 3.05. The van der Waals surface area contributed by atoms with Gasteiger partial charge in [0.25, 0.3) is 0 Å². The Kier molecular flexibility index (Phi) is 5.82. The molecular weight excluding hydrogens is 262 g/mol. The minimum Gasteiger partial charge on any atom is -0.355 e. The lowest BCUT2D eigenvalue weighted by Crippen LogP contribution is -2.39. The van der Waals surface area contributed by atoms with Gasteiger partial charge >= 0.3 is 0 Å². The van der Waals surface area contributed by atoms with E-state index in [-0.39, 0.29) is 5.75 Å². The van der Waals surface area contributed by atoms with Gasteiger partial charge in [-0.15, -0.1) is 0 Å². The van der Waals surface area contributed by atoms with Gasteiger partial charge in [0, 0.05) is 26.4 Å². The van der Waals surface area contributed by atoms with E-state index in [2.05, 4.69) is 21.7 Å². The largest absolute Gasteiger partial charge is 0.355 e. The van der Waals surface area contributed by atoms with Crippen LogP contribution in [0.5, 0.6) is 0 Å². The van der Waals surface area contributed by atoms with Gasteiger partial charge in [0.15, 0.2) is 5.96 Å². The van der Waals surface area contributed by atoms with Crippen molar-refractivity contribution in [3.8, 4) is 0 Å². The maximum absolute atomic E-state index is 11.0. The molecule has 0 aromatic heterocycles. The fourth-order valence-electron chi connectivity index (χ4n) is 1.58. The second-order valence-electron chi connectivity index (χ2n) is 4.47. The van der Waals surface area contributed by atoms with Crippen molar-refractivity contribution < 1.29 is 8.42 Å². The molecule has 0 spiro atoms. The van der Waals surface area contributed by atoms with E-state index in [0.717, 1.165) is 5.56 Å². The van der Waals surface area contributed by atoms with E-state index in [0.29, 0.717) is 19.0 Å². The van der Waals surface area contributed by atoms with E-state index in [1.165, 1.54) is 11.8 Å². The quantitative estimate of drug-likeness (QED) is 0.616. The number of hydrogen-bond donors (Lipinski definition) is 2. The lowest BCUT2D eigenvalue weighted by Gasteiger charge is -2.11. The Morgan fingerprint density at radius 1 is 1.32 bits per heavy atom. The summed E-state index contributed by atoms with van der Waals surface area (Å²) in [6, 6.07) is 8.18. The number of aryl methyl sites for hydroxylation is 1. The molecule has 1 aromatic carbocycles. The molecule has 0 aliphatic heterocycles. The van der Waals surface area contributed by atoms with Crippen LogP contribution in [-0.4, -0.2) is 40.0 Å². The minimum atomic E-state index is -2.95. The second-order valence-corrected chi connectivity index (χ2v) is 6.73. The van der Waals surface area contributed by atoms with Crippen molar-refractivity contribution in [3.05, 3.63) is 35.4 Å². The molecule has 19 heavy (non-hydrogen) atoms. The zero-order valence-electron chi connectivity index (χ0n) is 11.6. The van der Waals surface area contributed by atoms with Gasteiger partial charge in [-0.05, 0) is 12.5 Å². The van der Waals surface area contributed by atoms with Crippen LogP contribution in [-0.2, 0) is 16.4 Å². The molecule has 5 nitrogen and oxygen atoms in total. The molecule has 0 heterocycles. The molecule has 0 saturated heterocycles. The molecule has 0 bridgehead atoms. The van der Waals surface area contributed by atoms with Gasteiger partial charge < -0.3 is 10.6 Å². The summed E-state index contributed by atoms with van der Waals surface area (Å²) in [6.07, 6.45) is 1.22. The SMILES string of the molecule is CN=C(NCCS(C)(=O)=O)NCc1cccc(C)c1. The van der Waals surface area contributed by atoms with Crippen molar-refractivity contribution in [2.45, 2.75) is 13.5 Å². The van der Waals surface area contributed by atoms with Crippen molar-refractivity contribution in [2.24, 2.45) is 4.99 Å². The van der Waals surface area contributed by atoms with Crippen LogP contribution >= 0.6 is 0 Å². The third-order valence-electron chi connectivity index (χ3n) is 2.53. The summed E-state index contributed by atoms with van der Waals surface area (Å²) < 4.78 is 22.0. The third-order valence-corrected chi connectivity index (χ3v) is 3.48. The molecular formula is C13H21N3O2S. The lowest BCUT2D eigenvalue weighted by atomic mass is 10.1. The first-order valence-electron chi connectivity index (χ1n) is 6.08. The number of nitrogens with zero attached hydrogens (tertiary/aromatic N) is 1. The van der Waals surface area contributed by atoms with E-state index in [4.69, 9.17) is 0 Å². The smallest absolute Gasteiger partial charge is 0.191 e. The Morgan fingerprint density at radius 3 is 2.63 bits per heavy atom. The highest BCUT2D eigenvalue weighted by Crippen LogP contribution is 2.02. The number of hydrogen-bond acceptors (Lipinski definition) is 3. The first kappa shape index (κ1) is 15.5. The van der Waals surface area contributed by atoms with Crippen molar-refractivity contribution in [1.29, 1.82) is 0 Å². The maximum atomic E-state index is 11.0. The molecule has 0 radical (unpaired) electrons. The maximum Gasteiger partial charge on any atom is 0.191 e. The second kappa shape index (κ2) is 7.13. The van der Waals surface area contributed by atoms with Gasteiger partial charge in [0.1, 0.15) is 9.84 Å². The van der Waals surface area contributed by atoms with E-state index >= 15 is 0 Å². The fourth-order valence-corrected chi connectivity index (χ4v) is 2.06. The number of nitrogens with one attached hydrogen (secondary N) is 2. The highest BCUT2D eigenvalue weighted by atomic mass is 32.2. The standard InChI is InChI=1S/C13H21N3O2S/c1-11-5-4-6-12(9-11)10-16-13(14-2)15-7-8-19(3,17)18/h4-6,9H,7-8,10H2,1-3H3,(H2,14,15,16). The summed E-state index contributed by atoms with van der Waals surface area (Å²) in [5, 5.41) is 6.11. The first-order valence-corrected chi connectivity index (χ1v) is 8.14.